The van der Waals surface area contributed by atoms with E-state index in [1.54, 1.807) is 0 Å². The van der Waals surface area contributed by atoms with E-state index >= 15 is 0 Å². The number of hydrogen-bond acceptors (Lipinski definition) is 2. The first-order valence-electron chi connectivity index (χ1n) is 11.0. The summed E-state index contributed by atoms with van der Waals surface area (Å²) in [5.74, 6) is 0. The molecule has 7 aromatic rings. The third kappa shape index (κ3) is 2.85. The van der Waals surface area contributed by atoms with Gasteiger partial charge in [0, 0.05) is 32.2 Å². The highest BCUT2D eigenvalue weighted by Gasteiger charge is 2.25. The fourth-order valence-corrected chi connectivity index (χ4v) is 7.30. The summed E-state index contributed by atoms with van der Waals surface area (Å²) in [7, 11) is -0.907. The van der Waals surface area contributed by atoms with Gasteiger partial charge >= 0.3 is 0 Å². The Morgan fingerprint density at radius 2 is 0.848 bits per heavy atom. The Kier molecular flexibility index (Phi) is 4.15. The van der Waals surface area contributed by atoms with Crippen LogP contribution in [0.1, 0.15) is 0 Å². The lowest BCUT2D eigenvalue weighted by Gasteiger charge is -2.19. The Morgan fingerprint density at radius 3 is 1.39 bits per heavy atom. The summed E-state index contributed by atoms with van der Waals surface area (Å²) in [6.45, 7) is 0. The maximum absolute atomic E-state index is 6.46. The van der Waals surface area contributed by atoms with Gasteiger partial charge in [0.05, 0.1) is 0 Å². The van der Waals surface area contributed by atoms with E-state index < -0.39 is 7.92 Å². The minimum Gasteiger partial charge on any atom is -0.455 e. The first kappa shape index (κ1) is 18.7. The van der Waals surface area contributed by atoms with Gasteiger partial charge in [-0.15, -0.1) is 0 Å². The highest BCUT2D eigenvalue weighted by molar-refractivity contribution is 7.80. The highest BCUT2D eigenvalue weighted by Crippen LogP contribution is 2.41. The fourth-order valence-electron chi connectivity index (χ4n) is 4.80. The Balaban J connectivity index is 1.58. The van der Waals surface area contributed by atoms with E-state index in [1.807, 2.05) is 24.3 Å². The second kappa shape index (κ2) is 7.33. The van der Waals surface area contributed by atoms with Gasteiger partial charge in [-0.2, -0.15) is 0 Å². The van der Waals surface area contributed by atoms with E-state index in [1.165, 1.54) is 15.9 Å². The van der Waals surface area contributed by atoms with Gasteiger partial charge in [0.1, 0.15) is 22.3 Å². The predicted octanol–water partition coefficient (Wildman–Crippen LogP) is 7.24. The molecule has 0 N–H and O–H groups in total. The normalized spacial score (nSPS) is 11.9. The zero-order valence-electron chi connectivity index (χ0n) is 17.7. The van der Waals surface area contributed by atoms with E-state index in [2.05, 4.69) is 91.0 Å². The molecule has 0 atom stereocenters. The van der Waals surface area contributed by atoms with E-state index in [0.29, 0.717) is 0 Å². The molecule has 0 radical (unpaired) electrons. The standard InChI is InChI=1S/C30H19O2P/c1-2-10-20(11-3-1)33(27-18-8-14-23-21-12-4-6-16-25(21)31-29(23)27)28-19-9-15-24-22-13-5-7-17-26(22)32-30(24)28/h1-19H. The van der Waals surface area contributed by atoms with Crippen LogP contribution in [0.5, 0.6) is 0 Å². The average molecular weight is 442 g/mol. The van der Waals surface area contributed by atoms with Crippen LogP contribution in [0.15, 0.2) is 124 Å². The van der Waals surface area contributed by atoms with Crippen LogP contribution >= 0.6 is 7.92 Å². The first-order valence-corrected chi connectivity index (χ1v) is 12.4. The molecule has 0 amide bonds. The lowest BCUT2D eigenvalue weighted by molar-refractivity contribution is 0.671. The number of rotatable bonds is 3. The molecule has 2 nitrogen and oxygen atoms in total. The predicted molar refractivity (Wildman–Crippen MR) is 140 cm³/mol. The second-order valence-electron chi connectivity index (χ2n) is 8.18. The Hall–Kier alpha value is -3.87. The minimum absolute atomic E-state index is 0.907. The van der Waals surface area contributed by atoms with Crippen LogP contribution in [0.2, 0.25) is 0 Å². The van der Waals surface area contributed by atoms with Gasteiger partial charge < -0.3 is 8.83 Å². The molecule has 0 aliphatic carbocycles. The second-order valence-corrected chi connectivity index (χ2v) is 10.3. The zero-order chi connectivity index (χ0) is 21.8. The molecular weight excluding hydrogens is 423 g/mol. The van der Waals surface area contributed by atoms with Crippen molar-refractivity contribution in [2.24, 2.45) is 0 Å². The van der Waals surface area contributed by atoms with Gasteiger partial charge in [0.25, 0.3) is 0 Å². The van der Waals surface area contributed by atoms with Crippen molar-refractivity contribution in [2.45, 2.75) is 0 Å². The van der Waals surface area contributed by atoms with Gasteiger partial charge in [0.15, 0.2) is 0 Å². The van der Waals surface area contributed by atoms with Gasteiger partial charge in [-0.05, 0) is 25.4 Å². The first-order chi connectivity index (χ1) is 16.4. The van der Waals surface area contributed by atoms with Crippen molar-refractivity contribution in [1.82, 2.24) is 0 Å². The number of benzene rings is 5. The number of furan rings is 2. The number of hydrogen-bond donors (Lipinski definition) is 0. The quantitative estimate of drug-likeness (QED) is 0.270. The summed E-state index contributed by atoms with van der Waals surface area (Å²) in [6.07, 6.45) is 0. The minimum atomic E-state index is -0.907. The average Bonchev–Trinajstić information content (AvgIpc) is 3.44. The summed E-state index contributed by atoms with van der Waals surface area (Å²) in [5.41, 5.74) is 3.76. The van der Waals surface area contributed by atoms with Gasteiger partial charge in [-0.3, -0.25) is 0 Å². The lowest BCUT2D eigenvalue weighted by atomic mass is 10.1. The maximum Gasteiger partial charge on any atom is 0.143 e. The van der Waals surface area contributed by atoms with Gasteiger partial charge in [0.2, 0.25) is 0 Å². The van der Waals surface area contributed by atoms with Crippen molar-refractivity contribution in [3.63, 3.8) is 0 Å². The monoisotopic (exact) mass is 442 g/mol. The van der Waals surface area contributed by atoms with E-state index in [0.717, 1.165) is 43.9 Å². The molecule has 0 bridgehead atoms. The van der Waals surface area contributed by atoms with Gasteiger partial charge in [-0.1, -0.05) is 103 Å². The number of para-hydroxylation sites is 4. The molecule has 0 aliphatic heterocycles. The zero-order valence-corrected chi connectivity index (χ0v) is 18.6. The third-order valence-electron chi connectivity index (χ3n) is 6.26. The Bertz CT molecular complexity index is 1660. The molecule has 7 rings (SSSR count). The third-order valence-corrected chi connectivity index (χ3v) is 8.75. The van der Waals surface area contributed by atoms with E-state index in [4.69, 9.17) is 8.83 Å². The van der Waals surface area contributed by atoms with Crippen molar-refractivity contribution < 1.29 is 8.83 Å². The molecule has 156 valence electrons. The van der Waals surface area contributed by atoms with Crippen LogP contribution in [-0.4, -0.2) is 0 Å². The van der Waals surface area contributed by atoms with E-state index in [9.17, 15) is 0 Å². The molecule has 2 heterocycles. The molecule has 0 fully saturated rings. The van der Waals surface area contributed by atoms with Crippen molar-refractivity contribution >= 4 is 67.7 Å². The van der Waals surface area contributed by atoms with Crippen molar-refractivity contribution in [2.75, 3.05) is 0 Å². The van der Waals surface area contributed by atoms with E-state index in [-0.39, 0.29) is 0 Å². The Labute approximate surface area is 191 Å². The number of fused-ring (bicyclic) bond motifs is 6. The van der Waals surface area contributed by atoms with Crippen LogP contribution in [0, 0.1) is 0 Å². The summed E-state index contributed by atoms with van der Waals surface area (Å²) >= 11 is 0. The largest absolute Gasteiger partial charge is 0.455 e. The molecule has 0 unspecified atom stereocenters. The fraction of sp³-hybridized carbons (Fsp3) is 0. The Morgan fingerprint density at radius 1 is 0.394 bits per heavy atom. The molecule has 3 heteroatoms. The smallest absolute Gasteiger partial charge is 0.143 e. The van der Waals surface area contributed by atoms with Crippen LogP contribution in [-0.2, 0) is 0 Å². The summed E-state index contributed by atoms with van der Waals surface area (Å²) in [5, 5.41) is 8.30. The van der Waals surface area contributed by atoms with Gasteiger partial charge in [-0.25, -0.2) is 0 Å². The summed E-state index contributed by atoms with van der Waals surface area (Å²) in [4.78, 5) is 0. The molecule has 0 aliphatic rings. The molecule has 33 heavy (non-hydrogen) atoms. The SMILES string of the molecule is c1ccc(P(c2cccc3c2oc2ccccc23)c2cccc3c2oc2ccccc23)cc1. The topological polar surface area (TPSA) is 26.3 Å². The maximum atomic E-state index is 6.46. The highest BCUT2D eigenvalue weighted by atomic mass is 31.1. The molecule has 0 saturated heterocycles. The van der Waals surface area contributed by atoms with Crippen molar-refractivity contribution in [3.8, 4) is 0 Å². The summed E-state index contributed by atoms with van der Waals surface area (Å²) < 4.78 is 12.9. The molecule has 2 aromatic heterocycles. The molecule has 5 aromatic carbocycles. The lowest BCUT2D eigenvalue weighted by Crippen LogP contribution is -2.21. The molecular formula is C30H19O2P. The molecule has 0 saturated carbocycles. The van der Waals surface area contributed by atoms with Crippen molar-refractivity contribution in [1.29, 1.82) is 0 Å². The van der Waals surface area contributed by atoms with Crippen LogP contribution in [0.25, 0.3) is 43.9 Å². The van der Waals surface area contributed by atoms with Crippen LogP contribution < -0.4 is 15.9 Å². The summed E-state index contributed by atoms with van der Waals surface area (Å²) in [6, 6.07) is 40.3. The van der Waals surface area contributed by atoms with Crippen molar-refractivity contribution in [3.05, 3.63) is 115 Å². The van der Waals surface area contributed by atoms with Crippen LogP contribution in [0.3, 0.4) is 0 Å². The van der Waals surface area contributed by atoms with Crippen LogP contribution in [0.4, 0.5) is 0 Å². The molecule has 0 spiro atoms.